The molecule has 0 saturated heterocycles. The second-order valence-corrected chi connectivity index (χ2v) is 6.26. The smallest absolute Gasteiger partial charge is 0.185 e. The molecule has 4 heteroatoms. The van der Waals surface area contributed by atoms with Gasteiger partial charge in [0.15, 0.2) is 5.78 Å². The molecule has 3 rings (SSSR count). The molecule has 0 aromatic heterocycles. The Morgan fingerprint density at radius 3 is 2.60 bits per heavy atom. The molecule has 0 aliphatic carbocycles. The lowest BCUT2D eigenvalue weighted by Crippen LogP contribution is -2.13. The van der Waals surface area contributed by atoms with Crippen molar-refractivity contribution >= 4 is 29.0 Å². The van der Waals surface area contributed by atoms with E-state index < -0.39 is 5.82 Å². The number of hydrogen-bond donors (Lipinski definition) is 0. The summed E-state index contributed by atoms with van der Waals surface area (Å²) in [4.78, 5) is 14.4. The molecule has 1 aliphatic heterocycles. The Kier molecular flexibility index (Phi) is 5.15. The number of carbonyl (C=O) groups excluding carboxylic acids is 1. The number of allylic oxidation sites excluding steroid dienone is 3. The first-order valence-electron chi connectivity index (χ1n) is 7.89. The zero-order valence-electron chi connectivity index (χ0n) is 13.7. The number of nitrogens with zero attached hydrogens (tertiary/aromatic N) is 1. The van der Waals surface area contributed by atoms with Crippen LogP contribution >= 0.6 is 11.6 Å². The molecule has 0 unspecified atom stereocenters. The van der Waals surface area contributed by atoms with Crippen LogP contribution in [-0.4, -0.2) is 24.3 Å². The molecular formula is C21H17ClFNO. The fourth-order valence-corrected chi connectivity index (χ4v) is 2.75. The molecule has 1 aliphatic rings. The summed E-state index contributed by atoms with van der Waals surface area (Å²) in [6.45, 7) is 0.869. The molecule has 0 atom stereocenters. The van der Waals surface area contributed by atoms with Gasteiger partial charge < -0.3 is 4.90 Å². The second-order valence-electron chi connectivity index (χ2n) is 5.86. The van der Waals surface area contributed by atoms with Crippen LogP contribution in [0.15, 0.2) is 66.9 Å². The maximum atomic E-state index is 13.0. The SMILES string of the molecule is CN1C=CC(c2ccc(C(=O)/C=C/c3ccc(F)cc3Cl)cc2)=CC1. The van der Waals surface area contributed by atoms with Crippen LogP contribution in [0.3, 0.4) is 0 Å². The van der Waals surface area contributed by atoms with E-state index in [1.807, 2.05) is 25.4 Å². The summed E-state index contributed by atoms with van der Waals surface area (Å²) in [6.07, 6.45) is 9.27. The highest BCUT2D eigenvalue weighted by atomic mass is 35.5. The topological polar surface area (TPSA) is 20.3 Å². The predicted molar refractivity (Wildman–Crippen MR) is 101 cm³/mol. The maximum absolute atomic E-state index is 13.0. The minimum Gasteiger partial charge on any atom is -0.377 e. The Morgan fingerprint density at radius 2 is 1.96 bits per heavy atom. The summed E-state index contributed by atoms with van der Waals surface area (Å²) < 4.78 is 13.0. The van der Waals surface area contributed by atoms with E-state index in [0.29, 0.717) is 11.1 Å². The van der Waals surface area contributed by atoms with Gasteiger partial charge in [-0.3, -0.25) is 4.79 Å². The summed E-state index contributed by atoms with van der Waals surface area (Å²) in [6, 6.07) is 11.6. The second kappa shape index (κ2) is 7.49. The van der Waals surface area contributed by atoms with Crippen LogP contribution in [-0.2, 0) is 0 Å². The van der Waals surface area contributed by atoms with Crippen LogP contribution in [0.25, 0.3) is 11.6 Å². The summed E-state index contributed by atoms with van der Waals surface area (Å²) in [5, 5.41) is 0.278. The molecule has 0 bridgehead atoms. The largest absolute Gasteiger partial charge is 0.377 e. The standard InChI is InChI=1S/C21H17ClFNO/c1-24-12-10-16(11-13-24)15-2-4-18(5-3-15)21(25)9-7-17-6-8-19(23)14-20(17)22/h2-12,14H,13H2,1H3/b9-7+. The van der Waals surface area contributed by atoms with Crippen molar-refractivity contribution in [1.82, 2.24) is 4.90 Å². The van der Waals surface area contributed by atoms with Crippen LogP contribution in [0, 0.1) is 5.82 Å². The summed E-state index contributed by atoms with van der Waals surface area (Å²) in [7, 11) is 2.02. The van der Waals surface area contributed by atoms with E-state index in [2.05, 4.69) is 17.1 Å². The fourth-order valence-electron chi connectivity index (χ4n) is 2.52. The quantitative estimate of drug-likeness (QED) is 0.555. The Labute approximate surface area is 151 Å². The molecule has 126 valence electrons. The third kappa shape index (κ3) is 4.25. The minimum absolute atomic E-state index is 0.125. The maximum Gasteiger partial charge on any atom is 0.185 e. The molecule has 1 heterocycles. The molecule has 25 heavy (non-hydrogen) atoms. The van der Waals surface area contributed by atoms with Crippen molar-refractivity contribution in [3.05, 3.63) is 94.4 Å². The number of halogens is 2. The van der Waals surface area contributed by atoms with E-state index >= 15 is 0 Å². The van der Waals surface area contributed by atoms with Gasteiger partial charge >= 0.3 is 0 Å². The molecule has 2 nitrogen and oxygen atoms in total. The van der Waals surface area contributed by atoms with E-state index in [-0.39, 0.29) is 10.8 Å². The van der Waals surface area contributed by atoms with Gasteiger partial charge in [-0.05, 0) is 53.3 Å². The van der Waals surface area contributed by atoms with Gasteiger partial charge in [0.25, 0.3) is 0 Å². The van der Waals surface area contributed by atoms with E-state index in [0.717, 1.165) is 17.7 Å². The molecule has 2 aromatic carbocycles. The van der Waals surface area contributed by atoms with Crippen molar-refractivity contribution in [3.63, 3.8) is 0 Å². The molecule has 0 spiro atoms. The first-order valence-corrected chi connectivity index (χ1v) is 8.27. The van der Waals surface area contributed by atoms with Crippen molar-refractivity contribution < 1.29 is 9.18 Å². The molecule has 0 amide bonds. The van der Waals surface area contributed by atoms with Gasteiger partial charge in [-0.2, -0.15) is 0 Å². The highest BCUT2D eigenvalue weighted by molar-refractivity contribution is 6.32. The molecule has 2 aromatic rings. The molecule has 0 saturated carbocycles. The lowest BCUT2D eigenvalue weighted by molar-refractivity contribution is 0.104. The van der Waals surface area contributed by atoms with Crippen molar-refractivity contribution in [3.8, 4) is 0 Å². The van der Waals surface area contributed by atoms with E-state index in [9.17, 15) is 9.18 Å². The van der Waals surface area contributed by atoms with Crippen molar-refractivity contribution in [1.29, 1.82) is 0 Å². The summed E-state index contributed by atoms with van der Waals surface area (Å²) in [5.74, 6) is -0.527. The average molecular weight is 354 g/mol. The van der Waals surface area contributed by atoms with Gasteiger partial charge in [-0.15, -0.1) is 0 Å². The van der Waals surface area contributed by atoms with Gasteiger partial charge in [0, 0.05) is 19.2 Å². The third-order valence-electron chi connectivity index (χ3n) is 3.99. The number of rotatable bonds is 4. The highest BCUT2D eigenvalue weighted by Gasteiger charge is 2.06. The van der Waals surface area contributed by atoms with Crippen LogP contribution in [0.2, 0.25) is 5.02 Å². The fraction of sp³-hybridized carbons (Fsp3) is 0.0952. The zero-order chi connectivity index (χ0) is 17.8. The average Bonchev–Trinajstić information content (AvgIpc) is 2.61. The zero-order valence-corrected chi connectivity index (χ0v) is 14.5. The summed E-state index contributed by atoms with van der Waals surface area (Å²) >= 11 is 5.96. The van der Waals surface area contributed by atoms with E-state index in [4.69, 9.17) is 11.6 Å². The van der Waals surface area contributed by atoms with Crippen molar-refractivity contribution in [2.75, 3.05) is 13.6 Å². The van der Waals surface area contributed by atoms with Crippen molar-refractivity contribution in [2.45, 2.75) is 0 Å². The Bertz CT molecular complexity index is 881. The first-order chi connectivity index (χ1) is 12.0. The number of ketones is 1. The van der Waals surface area contributed by atoms with Crippen LogP contribution in [0.5, 0.6) is 0 Å². The lowest BCUT2D eigenvalue weighted by atomic mass is 10.0. The monoisotopic (exact) mass is 353 g/mol. The van der Waals surface area contributed by atoms with Crippen molar-refractivity contribution in [2.24, 2.45) is 0 Å². The van der Waals surface area contributed by atoms with E-state index in [1.54, 1.807) is 24.3 Å². The molecular weight excluding hydrogens is 337 g/mol. The Balaban J connectivity index is 1.72. The predicted octanol–water partition coefficient (Wildman–Crippen LogP) is 5.22. The van der Waals surface area contributed by atoms with Gasteiger partial charge in [0.2, 0.25) is 0 Å². The molecule has 0 radical (unpaired) electrons. The molecule has 0 fully saturated rings. The third-order valence-corrected chi connectivity index (χ3v) is 4.31. The highest BCUT2D eigenvalue weighted by Crippen LogP contribution is 2.21. The lowest BCUT2D eigenvalue weighted by Gasteiger charge is -2.17. The number of likely N-dealkylation sites (N-methyl/N-ethyl adjacent to an activating group) is 1. The van der Waals surface area contributed by atoms with Crippen LogP contribution in [0.4, 0.5) is 4.39 Å². The number of hydrogen-bond acceptors (Lipinski definition) is 2. The van der Waals surface area contributed by atoms with Gasteiger partial charge in [0.05, 0.1) is 5.02 Å². The van der Waals surface area contributed by atoms with E-state index in [1.165, 1.54) is 18.2 Å². The van der Waals surface area contributed by atoms with Crippen LogP contribution < -0.4 is 0 Å². The summed E-state index contributed by atoms with van der Waals surface area (Å²) in [5.41, 5.74) is 3.42. The van der Waals surface area contributed by atoms with Gasteiger partial charge in [0.1, 0.15) is 5.82 Å². The van der Waals surface area contributed by atoms with Gasteiger partial charge in [-0.1, -0.05) is 48.0 Å². The Morgan fingerprint density at radius 1 is 1.20 bits per heavy atom. The number of carbonyl (C=O) groups is 1. The molecule has 0 N–H and O–H groups in total. The number of benzene rings is 2. The Hall–Kier alpha value is -2.65. The van der Waals surface area contributed by atoms with Crippen LogP contribution in [0.1, 0.15) is 21.5 Å². The minimum atomic E-state index is -0.402. The normalized spacial score (nSPS) is 14.0. The first kappa shape index (κ1) is 17.2. The van der Waals surface area contributed by atoms with Gasteiger partial charge in [-0.25, -0.2) is 4.39 Å².